The van der Waals surface area contributed by atoms with Gasteiger partial charge in [0.15, 0.2) is 16.4 Å². The van der Waals surface area contributed by atoms with Gasteiger partial charge in [-0.15, -0.1) is 0 Å². The van der Waals surface area contributed by atoms with Gasteiger partial charge in [-0.3, -0.25) is 9.78 Å². The van der Waals surface area contributed by atoms with E-state index in [1.165, 1.54) is 31.2 Å². The number of carbonyl (C=O) groups excluding carboxylic acids is 1. The molecule has 0 radical (unpaired) electrons. The number of sulfone groups is 1. The molecule has 0 aliphatic heterocycles. The van der Waals surface area contributed by atoms with Gasteiger partial charge < -0.3 is 10.1 Å². The van der Waals surface area contributed by atoms with Crippen molar-refractivity contribution in [2.75, 3.05) is 17.7 Å². The molecule has 12 heteroatoms. The zero-order valence-electron chi connectivity index (χ0n) is 16.7. The Hall–Kier alpha value is -2.76. The molecule has 3 rings (SSSR count). The van der Waals surface area contributed by atoms with Crippen LogP contribution in [0.4, 0.5) is 27.6 Å². The molecule has 174 valence electrons. The average molecular weight is 478 g/mol. The number of carbonyl (C=O) groups is 1. The van der Waals surface area contributed by atoms with Crippen LogP contribution in [-0.2, 0) is 14.6 Å². The van der Waals surface area contributed by atoms with Crippen LogP contribution in [0.5, 0.6) is 5.75 Å². The van der Waals surface area contributed by atoms with Crippen LogP contribution in [0.2, 0.25) is 0 Å². The average Bonchev–Trinajstić information content (AvgIpc) is 3.57. The minimum atomic E-state index is -5.75. The van der Waals surface area contributed by atoms with Gasteiger partial charge in [0.2, 0.25) is 5.91 Å². The maximum atomic E-state index is 13.0. The van der Waals surface area contributed by atoms with Crippen molar-refractivity contribution in [3.05, 3.63) is 36.5 Å². The Morgan fingerprint density at radius 2 is 1.84 bits per heavy atom. The number of alkyl halides is 5. The summed E-state index contributed by atoms with van der Waals surface area (Å²) in [6.07, 6.45) is -3.28. The molecule has 1 heterocycles. The van der Waals surface area contributed by atoms with Crippen LogP contribution in [0.15, 0.2) is 41.4 Å². The molecule has 2 aromatic rings. The molecule has 0 bridgehead atoms. The zero-order chi connectivity index (χ0) is 23.7. The van der Waals surface area contributed by atoms with Gasteiger partial charge in [0, 0.05) is 17.2 Å². The van der Waals surface area contributed by atoms with E-state index in [-0.39, 0.29) is 39.5 Å². The second-order valence-corrected chi connectivity index (χ2v) is 9.49. The number of anilines is 1. The first-order valence-electron chi connectivity index (χ1n) is 9.55. The summed E-state index contributed by atoms with van der Waals surface area (Å²) in [4.78, 5) is 15.8. The number of rotatable bonds is 8. The summed E-state index contributed by atoms with van der Waals surface area (Å²) >= 11 is 0. The number of nitrogens with zero attached hydrogens (tertiary/aromatic N) is 1. The highest BCUT2D eigenvalue weighted by molar-refractivity contribution is 7.91. The fraction of sp³-hybridized carbons (Fsp3) is 0.400. The van der Waals surface area contributed by atoms with Crippen molar-refractivity contribution < 1.29 is 39.9 Å². The van der Waals surface area contributed by atoms with Crippen molar-refractivity contribution in [1.29, 1.82) is 0 Å². The van der Waals surface area contributed by atoms with Gasteiger partial charge >= 0.3 is 12.1 Å². The van der Waals surface area contributed by atoms with Crippen molar-refractivity contribution in [3.8, 4) is 17.0 Å². The molecule has 32 heavy (non-hydrogen) atoms. The van der Waals surface area contributed by atoms with E-state index in [0.29, 0.717) is 5.69 Å². The number of hydrogen-bond acceptors (Lipinski definition) is 5. The summed E-state index contributed by atoms with van der Waals surface area (Å²) in [5.41, 5.74) is 0.613. The predicted molar refractivity (Wildman–Crippen MR) is 105 cm³/mol. The number of aromatic nitrogens is 1. The van der Waals surface area contributed by atoms with Crippen molar-refractivity contribution in [2.24, 2.45) is 5.92 Å². The minimum Gasteiger partial charge on any atom is -0.485 e. The lowest BCUT2D eigenvalue weighted by Gasteiger charge is -2.19. The van der Waals surface area contributed by atoms with Gasteiger partial charge in [0.1, 0.15) is 5.75 Å². The summed E-state index contributed by atoms with van der Waals surface area (Å²) in [5.74, 6) is -5.89. The summed E-state index contributed by atoms with van der Waals surface area (Å²) in [6.45, 7) is -0.470. The van der Waals surface area contributed by atoms with Crippen molar-refractivity contribution in [3.63, 3.8) is 0 Å². The molecular weight excluding hydrogens is 459 g/mol. The standard InChI is InChI=1S/C20H19F5N2O4S/c1-2-32(29,30)17-9-13(27-18(28)12-3-4-12)5-7-15(17)16-8-6-14(10-26-16)31-11-19(21,22)20(23,24)25/h5-10,12H,2-4,11H2,1H3,(H,27,28). The normalized spacial score (nSPS) is 14.8. The smallest absolute Gasteiger partial charge is 0.456 e. The minimum absolute atomic E-state index is 0.0835. The highest BCUT2D eigenvalue weighted by atomic mass is 32.2. The Labute approximate surface area is 180 Å². The van der Waals surface area contributed by atoms with Crippen molar-refractivity contribution in [2.45, 2.75) is 36.8 Å². The van der Waals surface area contributed by atoms with Gasteiger partial charge in [-0.05, 0) is 43.2 Å². The Morgan fingerprint density at radius 1 is 1.16 bits per heavy atom. The van der Waals surface area contributed by atoms with Crippen LogP contribution in [0.3, 0.4) is 0 Å². The lowest BCUT2D eigenvalue weighted by molar-refractivity contribution is -0.290. The lowest BCUT2D eigenvalue weighted by atomic mass is 10.1. The van der Waals surface area contributed by atoms with Gasteiger partial charge in [-0.25, -0.2) is 8.42 Å². The lowest BCUT2D eigenvalue weighted by Crippen LogP contribution is -2.41. The topological polar surface area (TPSA) is 85.4 Å². The van der Waals surface area contributed by atoms with E-state index in [4.69, 9.17) is 0 Å². The first-order valence-corrected chi connectivity index (χ1v) is 11.2. The molecule has 1 fully saturated rings. The number of hydrogen-bond donors (Lipinski definition) is 1. The van der Waals surface area contributed by atoms with E-state index >= 15 is 0 Å². The number of nitrogens with one attached hydrogen (secondary N) is 1. The van der Waals surface area contributed by atoms with E-state index in [1.807, 2.05) is 0 Å². The Morgan fingerprint density at radius 3 is 2.38 bits per heavy atom. The molecule has 1 aromatic carbocycles. The maximum absolute atomic E-state index is 13.0. The van der Waals surface area contributed by atoms with Crippen molar-refractivity contribution >= 4 is 21.4 Å². The van der Waals surface area contributed by atoms with E-state index in [0.717, 1.165) is 25.1 Å². The second-order valence-electron chi connectivity index (χ2n) is 7.25. The Balaban J connectivity index is 1.85. The fourth-order valence-electron chi connectivity index (χ4n) is 2.70. The van der Waals surface area contributed by atoms with Crippen LogP contribution in [0, 0.1) is 5.92 Å². The van der Waals surface area contributed by atoms with Crippen LogP contribution < -0.4 is 10.1 Å². The fourth-order valence-corrected chi connectivity index (χ4v) is 3.82. The zero-order valence-corrected chi connectivity index (χ0v) is 17.6. The molecule has 0 unspecified atom stereocenters. The van der Waals surface area contributed by atoms with Crippen LogP contribution in [0.1, 0.15) is 19.8 Å². The summed E-state index contributed by atoms with van der Waals surface area (Å²) in [5, 5.41) is 2.66. The SMILES string of the molecule is CCS(=O)(=O)c1cc(NC(=O)C2CC2)ccc1-c1ccc(OCC(F)(F)C(F)(F)F)cn1. The van der Waals surface area contributed by atoms with E-state index in [1.54, 1.807) is 0 Å². The molecule has 1 N–H and O–H groups in total. The number of halogens is 5. The van der Waals surface area contributed by atoms with E-state index in [9.17, 15) is 35.2 Å². The first kappa shape index (κ1) is 23.9. The van der Waals surface area contributed by atoms with Gasteiger partial charge in [-0.1, -0.05) is 6.92 Å². The Bertz CT molecular complexity index is 1100. The highest BCUT2D eigenvalue weighted by Crippen LogP contribution is 2.36. The van der Waals surface area contributed by atoms with Gasteiger partial charge in [-0.2, -0.15) is 22.0 Å². The molecule has 0 spiro atoms. The Kier molecular flexibility index (Phi) is 6.45. The second kappa shape index (κ2) is 8.64. The molecule has 0 saturated heterocycles. The highest BCUT2D eigenvalue weighted by Gasteiger charge is 2.58. The number of benzene rings is 1. The molecule has 1 aliphatic rings. The third-order valence-electron chi connectivity index (χ3n) is 4.76. The van der Waals surface area contributed by atoms with Gasteiger partial charge in [0.25, 0.3) is 0 Å². The summed E-state index contributed by atoms with van der Waals surface area (Å²) in [7, 11) is -3.74. The molecule has 6 nitrogen and oxygen atoms in total. The monoisotopic (exact) mass is 478 g/mol. The number of amides is 1. The van der Waals surface area contributed by atoms with E-state index in [2.05, 4.69) is 15.0 Å². The third-order valence-corrected chi connectivity index (χ3v) is 6.53. The molecular formula is C20H19F5N2O4S. The van der Waals surface area contributed by atoms with Crippen LogP contribution in [-0.4, -0.2) is 43.8 Å². The quantitative estimate of drug-likeness (QED) is 0.566. The molecule has 1 amide bonds. The first-order chi connectivity index (χ1) is 14.8. The number of ether oxygens (including phenoxy) is 1. The largest absolute Gasteiger partial charge is 0.485 e. The summed E-state index contributed by atoms with van der Waals surface area (Å²) < 4.78 is 92.4. The number of pyridine rings is 1. The molecule has 1 saturated carbocycles. The third kappa shape index (κ3) is 5.34. The summed E-state index contributed by atoms with van der Waals surface area (Å²) in [6, 6.07) is 6.60. The van der Waals surface area contributed by atoms with Crippen LogP contribution in [0.25, 0.3) is 11.3 Å². The molecule has 1 aromatic heterocycles. The van der Waals surface area contributed by atoms with E-state index < -0.39 is 28.5 Å². The van der Waals surface area contributed by atoms with Crippen molar-refractivity contribution in [1.82, 2.24) is 4.98 Å². The predicted octanol–water partition coefficient (Wildman–Crippen LogP) is 4.47. The maximum Gasteiger partial charge on any atom is 0.456 e. The van der Waals surface area contributed by atoms with Gasteiger partial charge in [0.05, 0.1) is 22.5 Å². The van der Waals surface area contributed by atoms with Crippen LogP contribution >= 0.6 is 0 Å². The molecule has 1 aliphatic carbocycles. The molecule has 0 atom stereocenters.